The third kappa shape index (κ3) is 5.25. The first-order valence-electron chi connectivity index (χ1n) is 7.78. The third-order valence-corrected chi connectivity index (χ3v) is 4.13. The van der Waals surface area contributed by atoms with Gasteiger partial charge in [-0.1, -0.05) is 38.0 Å². The lowest BCUT2D eigenvalue weighted by Crippen LogP contribution is -2.31. The van der Waals surface area contributed by atoms with Crippen molar-refractivity contribution in [2.75, 3.05) is 0 Å². The summed E-state index contributed by atoms with van der Waals surface area (Å²) in [5.41, 5.74) is 1.31. The monoisotopic (exact) mass is 322 g/mol. The molecule has 0 bridgehead atoms. The van der Waals surface area contributed by atoms with Gasteiger partial charge in [0.1, 0.15) is 6.10 Å². The molecule has 3 unspecified atom stereocenters. The molecule has 23 heavy (non-hydrogen) atoms. The van der Waals surface area contributed by atoms with Gasteiger partial charge in [0.05, 0.1) is 10.6 Å². The molecule has 0 aromatic heterocycles. The van der Waals surface area contributed by atoms with E-state index in [9.17, 15) is 9.59 Å². The molecule has 6 nitrogen and oxygen atoms in total. The highest BCUT2D eigenvalue weighted by Gasteiger charge is 2.29. The fourth-order valence-electron chi connectivity index (χ4n) is 2.60. The molecule has 0 saturated heterocycles. The average molecular weight is 322 g/mol. The van der Waals surface area contributed by atoms with Gasteiger partial charge in [0.2, 0.25) is 0 Å². The highest BCUT2D eigenvalue weighted by Crippen LogP contribution is 2.30. The van der Waals surface area contributed by atoms with Crippen molar-refractivity contribution < 1.29 is 29.1 Å². The molecule has 0 spiro atoms. The molecule has 126 valence electrons. The molecule has 0 radical (unpaired) electrons. The predicted octanol–water partition coefficient (Wildman–Crippen LogP) is 3.98. The van der Waals surface area contributed by atoms with Crippen LogP contribution in [-0.2, 0) is 19.6 Å². The van der Waals surface area contributed by atoms with E-state index in [-0.39, 0.29) is 12.0 Å². The average Bonchev–Trinajstić information content (AvgIpc) is 2.51. The molecule has 1 aromatic carbocycles. The maximum atomic E-state index is 11.6. The van der Waals surface area contributed by atoms with Crippen LogP contribution < -0.4 is 0 Å². The van der Waals surface area contributed by atoms with E-state index in [0.717, 1.165) is 24.8 Å². The topological polar surface area (TPSA) is 71.1 Å². The zero-order valence-corrected chi connectivity index (χ0v) is 13.6. The van der Waals surface area contributed by atoms with Crippen molar-refractivity contribution in [2.24, 2.45) is 11.8 Å². The second kappa shape index (κ2) is 7.97. The van der Waals surface area contributed by atoms with E-state index in [2.05, 4.69) is 21.7 Å². The molecule has 1 aliphatic carbocycles. The van der Waals surface area contributed by atoms with E-state index in [1.165, 1.54) is 0 Å². The zero-order valence-electron chi connectivity index (χ0n) is 13.6. The van der Waals surface area contributed by atoms with Gasteiger partial charge in [0.25, 0.3) is 0 Å². The molecule has 1 saturated carbocycles. The Hall–Kier alpha value is -2.08. The van der Waals surface area contributed by atoms with Crippen molar-refractivity contribution in [1.29, 1.82) is 0 Å². The number of hydrogen-bond acceptors (Lipinski definition) is 6. The van der Waals surface area contributed by atoms with Gasteiger partial charge >= 0.3 is 12.1 Å². The molecule has 1 fully saturated rings. The summed E-state index contributed by atoms with van der Waals surface area (Å²) in [5, 5.41) is 4.22. The van der Waals surface area contributed by atoms with Crippen molar-refractivity contribution in [3.8, 4) is 0 Å². The standard InChI is InChI=1S/C17H22O6/c1-11-5-8-14(9-6-11)16(18)21-23-22-17(19)20-15-10-12(2)4-7-13(15)3/h5-6,8-9,12-13,15H,4,7,10H2,1-3H3. The SMILES string of the molecule is Cc1ccc(C(=O)OOOC(=O)OC2CC(C)CCC2C)cc1. The molecule has 0 N–H and O–H groups in total. The van der Waals surface area contributed by atoms with Gasteiger partial charge in [-0.2, -0.15) is 0 Å². The minimum Gasteiger partial charge on any atom is -0.429 e. The lowest BCUT2D eigenvalue weighted by molar-refractivity contribution is -0.453. The summed E-state index contributed by atoms with van der Waals surface area (Å²) >= 11 is 0. The van der Waals surface area contributed by atoms with Crippen LogP contribution >= 0.6 is 0 Å². The number of rotatable bonds is 4. The normalized spacial score (nSPS) is 23.9. The van der Waals surface area contributed by atoms with Crippen LogP contribution in [0.2, 0.25) is 0 Å². The van der Waals surface area contributed by atoms with E-state index in [4.69, 9.17) is 4.74 Å². The molecule has 3 atom stereocenters. The van der Waals surface area contributed by atoms with Gasteiger partial charge in [-0.25, -0.2) is 14.5 Å². The molecule has 0 amide bonds. The molecular formula is C17H22O6. The molecule has 6 heteroatoms. The third-order valence-electron chi connectivity index (χ3n) is 4.13. The first-order valence-corrected chi connectivity index (χ1v) is 7.78. The van der Waals surface area contributed by atoms with Crippen LogP contribution in [0.4, 0.5) is 4.79 Å². The van der Waals surface area contributed by atoms with E-state index in [0.29, 0.717) is 11.5 Å². The fourth-order valence-corrected chi connectivity index (χ4v) is 2.60. The van der Waals surface area contributed by atoms with Crippen molar-refractivity contribution in [1.82, 2.24) is 0 Å². The largest absolute Gasteiger partial charge is 0.543 e. The first kappa shape index (κ1) is 17.3. The van der Waals surface area contributed by atoms with Crippen LogP contribution in [0, 0.1) is 18.8 Å². The van der Waals surface area contributed by atoms with Crippen LogP contribution in [0.1, 0.15) is 49.0 Å². The smallest absolute Gasteiger partial charge is 0.429 e. The molecule has 2 rings (SSSR count). The zero-order chi connectivity index (χ0) is 16.8. The molecule has 0 aliphatic heterocycles. The second-order valence-electron chi connectivity index (χ2n) is 6.19. The summed E-state index contributed by atoms with van der Waals surface area (Å²) in [6.07, 6.45) is 1.71. The van der Waals surface area contributed by atoms with Gasteiger partial charge < -0.3 is 4.74 Å². The first-order chi connectivity index (χ1) is 11.0. The number of ether oxygens (including phenoxy) is 1. The van der Waals surface area contributed by atoms with Crippen LogP contribution in [-0.4, -0.2) is 18.2 Å². The quantitative estimate of drug-likeness (QED) is 0.474. The summed E-state index contributed by atoms with van der Waals surface area (Å²) < 4.78 is 5.20. The van der Waals surface area contributed by atoms with E-state index in [1.807, 2.05) is 13.8 Å². The van der Waals surface area contributed by atoms with E-state index >= 15 is 0 Å². The van der Waals surface area contributed by atoms with Gasteiger partial charge in [-0.3, -0.25) is 4.89 Å². The summed E-state index contributed by atoms with van der Waals surface area (Å²) in [5.74, 6) is 0.0237. The maximum Gasteiger partial charge on any atom is 0.543 e. The molecular weight excluding hydrogens is 300 g/mol. The highest BCUT2D eigenvalue weighted by molar-refractivity contribution is 5.88. The van der Waals surface area contributed by atoms with E-state index < -0.39 is 12.1 Å². The van der Waals surface area contributed by atoms with Gasteiger partial charge in [-0.15, -0.1) is 0 Å². The Kier molecular flexibility index (Phi) is 5.98. The highest BCUT2D eigenvalue weighted by atomic mass is 17.5. The van der Waals surface area contributed by atoms with Crippen LogP contribution in [0.15, 0.2) is 24.3 Å². The lowest BCUT2D eigenvalue weighted by Gasteiger charge is -2.31. The Morgan fingerprint density at radius 1 is 1.04 bits per heavy atom. The van der Waals surface area contributed by atoms with Gasteiger partial charge in [0, 0.05) is 0 Å². The Morgan fingerprint density at radius 2 is 1.74 bits per heavy atom. The van der Waals surface area contributed by atoms with E-state index in [1.54, 1.807) is 24.3 Å². The van der Waals surface area contributed by atoms with Crippen molar-refractivity contribution in [2.45, 2.75) is 46.1 Å². The Balaban J connectivity index is 1.72. The Bertz CT molecular complexity index is 539. The van der Waals surface area contributed by atoms with Crippen molar-refractivity contribution in [3.63, 3.8) is 0 Å². The number of aryl methyl sites for hydroxylation is 1. The van der Waals surface area contributed by atoms with Crippen LogP contribution in [0.3, 0.4) is 0 Å². The van der Waals surface area contributed by atoms with Crippen LogP contribution in [0.5, 0.6) is 0 Å². The number of carbonyl (C=O) groups is 2. The number of hydrogen-bond donors (Lipinski definition) is 0. The Morgan fingerprint density at radius 3 is 2.43 bits per heavy atom. The maximum absolute atomic E-state index is 11.6. The minimum absolute atomic E-state index is 0.206. The predicted molar refractivity (Wildman–Crippen MR) is 81.2 cm³/mol. The number of carbonyl (C=O) groups excluding carboxylic acids is 2. The minimum atomic E-state index is -1.01. The number of benzene rings is 1. The van der Waals surface area contributed by atoms with Crippen molar-refractivity contribution >= 4 is 12.1 Å². The molecule has 1 aliphatic rings. The summed E-state index contributed by atoms with van der Waals surface area (Å²) in [7, 11) is 0. The van der Waals surface area contributed by atoms with Gasteiger partial charge in [-0.05, 0) is 43.7 Å². The molecule has 0 heterocycles. The molecule has 1 aromatic rings. The summed E-state index contributed by atoms with van der Waals surface area (Å²) in [6.45, 7) is 6.05. The fraction of sp³-hybridized carbons (Fsp3) is 0.529. The van der Waals surface area contributed by atoms with Gasteiger partial charge in [0.15, 0.2) is 0 Å². The lowest BCUT2D eigenvalue weighted by atomic mass is 9.82. The summed E-state index contributed by atoms with van der Waals surface area (Å²) in [6, 6.07) is 6.70. The summed E-state index contributed by atoms with van der Waals surface area (Å²) in [4.78, 5) is 32.0. The van der Waals surface area contributed by atoms with Crippen LogP contribution in [0.25, 0.3) is 0 Å². The Labute approximate surface area is 135 Å². The van der Waals surface area contributed by atoms with Crippen molar-refractivity contribution in [3.05, 3.63) is 35.4 Å². The second-order valence-corrected chi connectivity index (χ2v) is 6.19.